The van der Waals surface area contributed by atoms with Gasteiger partial charge in [0.25, 0.3) is 17.7 Å². The number of nitrogens with zero attached hydrogens (tertiary/aromatic N) is 3. The molecule has 1 aliphatic carbocycles. The maximum absolute atomic E-state index is 13.0. The van der Waals surface area contributed by atoms with Crippen molar-refractivity contribution < 1.29 is 19.2 Å². The highest BCUT2D eigenvalue weighted by Crippen LogP contribution is 2.31. The zero-order valence-electron chi connectivity index (χ0n) is 20.4. The summed E-state index contributed by atoms with van der Waals surface area (Å²) < 4.78 is 0. The number of para-hydroxylation sites is 1. The summed E-state index contributed by atoms with van der Waals surface area (Å²) >= 11 is 0. The molecule has 8 nitrogen and oxygen atoms in total. The summed E-state index contributed by atoms with van der Waals surface area (Å²) in [4.78, 5) is 56.7. The van der Waals surface area contributed by atoms with E-state index in [1.165, 1.54) is 11.0 Å². The van der Waals surface area contributed by atoms with Gasteiger partial charge in [0.1, 0.15) is 0 Å². The maximum atomic E-state index is 13.0. The largest absolute Gasteiger partial charge is 0.368 e. The van der Waals surface area contributed by atoms with Crippen molar-refractivity contribution in [1.82, 2.24) is 15.1 Å². The van der Waals surface area contributed by atoms with Crippen molar-refractivity contribution in [2.24, 2.45) is 0 Å². The molecule has 0 aromatic heterocycles. The predicted molar refractivity (Wildman–Crippen MR) is 136 cm³/mol. The third kappa shape index (κ3) is 4.85. The molecule has 1 saturated carbocycles. The summed E-state index contributed by atoms with van der Waals surface area (Å²) in [5, 5.41) is 2.79. The number of carbonyl (C=O) groups is 4. The van der Waals surface area contributed by atoms with Gasteiger partial charge in [-0.05, 0) is 43.2 Å². The number of anilines is 1. The Kier molecular flexibility index (Phi) is 7.02. The fourth-order valence-electron chi connectivity index (χ4n) is 5.47. The SMILES string of the molecule is O=C(NCCC(=O)N1CCN(c2ccccc2)CC1)c1ccc2c(c1)C(=O)N(C1CCCCC1)C2=O. The fourth-order valence-corrected chi connectivity index (χ4v) is 5.47. The summed E-state index contributed by atoms with van der Waals surface area (Å²) in [7, 11) is 0. The number of hydrogen-bond acceptors (Lipinski definition) is 5. The number of amides is 4. The van der Waals surface area contributed by atoms with Crippen molar-refractivity contribution in [2.45, 2.75) is 44.6 Å². The summed E-state index contributed by atoms with van der Waals surface area (Å²) in [6, 6.07) is 14.8. The molecular weight excluding hydrogens is 456 g/mol. The topological polar surface area (TPSA) is 90.0 Å². The monoisotopic (exact) mass is 488 g/mol. The number of rotatable bonds is 6. The van der Waals surface area contributed by atoms with Gasteiger partial charge in [0.2, 0.25) is 5.91 Å². The smallest absolute Gasteiger partial charge is 0.261 e. The minimum absolute atomic E-state index is 0.0147. The normalized spacial score (nSPS) is 18.4. The molecule has 0 unspecified atom stereocenters. The lowest BCUT2D eigenvalue weighted by Gasteiger charge is -2.36. The molecule has 0 spiro atoms. The Labute approximate surface area is 211 Å². The second-order valence-corrected chi connectivity index (χ2v) is 9.74. The summed E-state index contributed by atoms with van der Waals surface area (Å²) in [6.07, 6.45) is 5.08. The van der Waals surface area contributed by atoms with Gasteiger partial charge >= 0.3 is 0 Å². The van der Waals surface area contributed by atoms with Crippen LogP contribution >= 0.6 is 0 Å². The molecule has 3 aliphatic rings. The third-order valence-electron chi connectivity index (χ3n) is 7.50. The third-order valence-corrected chi connectivity index (χ3v) is 7.50. The van der Waals surface area contributed by atoms with E-state index in [9.17, 15) is 19.2 Å². The van der Waals surface area contributed by atoms with Crippen LogP contribution in [0.15, 0.2) is 48.5 Å². The van der Waals surface area contributed by atoms with Crippen molar-refractivity contribution in [3.05, 3.63) is 65.2 Å². The van der Waals surface area contributed by atoms with Gasteiger partial charge in [-0.15, -0.1) is 0 Å². The lowest BCUT2D eigenvalue weighted by molar-refractivity contribution is -0.131. The van der Waals surface area contributed by atoms with Crippen LogP contribution in [-0.2, 0) is 4.79 Å². The van der Waals surface area contributed by atoms with E-state index in [0.29, 0.717) is 29.8 Å². The molecule has 1 N–H and O–H groups in total. The van der Waals surface area contributed by atoms with Crippen molar-refractivity contribution in [3.63, 3.8) is 0 Å². The second-order valence-electron chi connectivity index (χ2n) is 9.74. The van der Waals surface area contributed by atoms with Crippen molar-refractivity contribution in [3.8, 4) is 0 Å². The zero-order valence-corrected chi connectivity index (χ0v) is 20.4. The highest BCUT2D eigenvalue weighted by atomic mass is 16.2. The van der Waals surface area contributed by atoms with Crippen LogP contribution in [-0.4, -0.2) is 72.2 Å². The molecule has 2 aromatic rings. The van der Waals surface area contributed by atoms with Gasteiger partial charge in [-0.2, -0.15) is 0 Å². The van der Waals surface area contributed by atoms with Gasteiger partial charge in [0.15, 0.2) is 0 Å². The predicted octanol–water partition coefficient (Wildman–Crippen LogP) is 3.08. The highest BCUT2D eigenvalue weighted by Gasteiger charge is 2.40. The first kappa shape index (κ1) is 24.0. The minimum atomic E-state index is -0.351. The Bertz CT molecular complexity index is 1150. The Morgan fingerprint density at radius 1 is 0.833 bits per heavy atom. The molecule has 4 amide bonds. The first-order valence-corrected chi connectivity index (χ1v) is 12.9. The van der Waals surface area contributed by atoms with Gasteiger partial charge in [-0.3, -0.25) is 24.1 Å². The molecule has 5 rings (SSSR count). The van der Waals surface area contributed by atoms with Crippen LogP contribution in [0.25, 0.3) is 0 Å². The molecule has 188 valence electrons. The van der Waals surface area contributed by atoms with Gasteiger partial charge in [0.05, 0.1) is 11.1 Å². The number of hydrogen-bond donors (Lipinski definition) is 1. The van der Waals surface area contributed by atoms with Crippen LogP contribution in [0.5, 0.6) is 0 Å². The van der Waals surface area contributed by atoms with E-state index >= 15 is 0 Å². The Hall–Kier alpha value is -3.68. The van der Waals surface area contributed by atoms with Crippen LogP contribution in [0.1, 0.15) is 69.6 Å². The molecule has 0 bridgehead atoms. The molecule has 2 aliphatic heterocycles. The molecule has 2 aromatic carbocycles. The van der Waals surface area contributed by atoms with Gasteiger partial charge in [-0.1, -0.05) is 37.5 Å². The molecule has 2 heterocycles. The molecule has 2 fully saturated rings. The average Bonchev–Trinajstić information content (AvgIpc) is 3.18. The minimum Gasteiger partial charge on any atom is -0.368 e. The van der Waals surface area contributed by atoms with E-state index in [2.05, 4.69) is 22.3 Å². The molecule has 0 radical (unpaired) electrons. The Balaban J connectivity index is 1.12. The van der Waals surface area contributed by atoms with Gasteiger partial charge in [0, 0.05) is 56.4 Å². The van der Waals surface area contributed by atoms with E-state index in [1.807, 2.05) is 23.1 Å². The number of imide groups is 1. The summed E-state index contributed by atoms with van der Waals surface area (Å²) in [5.74, 6) is -0.898. The van der Waals surface area contributed by atoms with E-state index in [-0.39, 0.29) is 42.6 Å². The number of piperazine rings is 1. The van der Waals surface area contributed by atoms with E-state index in [4.69, 9.17) is 0 Å². The summed E-state index contributed by atoms with van der Waals surface area (Å²) in [5.41, 5.74) is 2.15. The number of nitrogens with one attached hydrogen (secondary N) is 1. The Morgan fingerprint density at radius 2 is 1.53 bits per heavy atom. The number of benzene rings is 2. The van der Waals surface area contributed by atoms with Crippen LogP contribution in [0.2, 0.25) is 0 Å². The first-order chi connectivity index (χ1) is 17.5. The molecular formula is C28H32N4O4. The lowest BCUT2D eigenvalue weighted by Crippen LogP contribution is -2.49. The van der Waals surface area contributed by atoms with Gasteiger partial charge < -0.3 is 15.1 Å². The number of carbonyl (C=O) groups excluding carboxylic acids is 4. The first-order valence-electron chi connectivity index (χ1n) is 12.9. The zero-order chi connectivity index (χ0) is 25.1. The van der Waals surface area contributed by atoms with Crippen molar-refractivity contribution >= 4 is 29.3 Å². The van der Waals surface area contributed by atoms with Gasteiger partial charge in [-0.25, -0.2) is 0 Å². The van der Waals surface area contributed by atoms with Crippen molar-refractivity contribution in [1.29, 1.82) is 0 Å². The van der Waals surface area contributed by atoms with Crippen LogP contribution in [0.3, 0.4) is 0 Å². The fraction of sp³-hybridized carbons (Fsp3) is 0.429. The lowest BCUT2D eigenvalue weighted by atomic mass is 9.94. The molecule has 8 heteroatoms. The van der Waals surface area contributed by atoms with E-state index in [0.717, 1.165) is 50.9 Å². The van der Waals surface area contributed by atoms with E-state index < -0.39 is 0 Å². The second kappa shape index (κ2) is 10.5. The quantitative estimate of drug-likeness (QED) is 0.631. The molecule has 1 saturated heterocycles. The van der Waals surface area contributed by atoms with Crippen LogP contribution in [0.4, 0.5) is 5.69 Å². The standard InChI is InChI=1S/C28H32N4O4/c33-25(31-17-15-30(16-18-31)21-7-3-1-4-8-21)13-14-29-26(34)20-11-12-23-24(19-20)28(36)32(27(23)35)22-9-5-2-6-10-22/h1,3-4,7-8,11-12,19,22H,2,5-6,9-10,13-18H2,(H,29,34). The average molecular weight is 489 g/mol. The van der Waals surface area contributed by atoms with Crippen molar-refractivity contribution in [2.75, 3.05) is 37.6 Å². The van der Waals surface area contributed by atoms with E-state index in [1.54, 1.807) is 12.1 Å². The maximum Gasteiger partial charge on any atom is 0.261 e. The molecule has 0 atom stereocenters. The van der Waals surface area contributed by atoms with Crippen LogP contribution in [0, 0.1) is 0 Å². The number of fused-ring (bicyclic) bond motifs is 1. The molecule has 36 heavy (non-hydrogen) atoms. The highest BCUT2D eigenvalue weighted by molar-refractivity contribution is 6.22. The van der Waals surface area contributed by atoms with Crippen LogP contribution < -0.4 is 10.2 Å². The summed E-state index contributed by atoms with van der Waals surface area (Å²) in [6.45, 7) is 3.08. The Morgan fingerprint density at radius 3 is 2.25 bits per heavy atom.